The monoisotopic (exact) mass is 476 g/mol. The first kappa shape index (κ1) is 24.2. The maximum atomic E-state index is 14.0. The van der Waals surface area contributed by atoms with Gasteiger partial charge in [0.1, 0.15) is 18.1 Å². The van der Waals surface area contributed by atoms with E-state index in [0.717, 1.165) is 0 Å². The number of likely N-dealkylation sites (N-methyl/N-ethyl adjacent to an activating group) is 1. The summed E-state index contributed by atoms with van der Waals surface area (Å²) in [5.74, 6) is -2.05. The van der Waals surface area contributed by atoms with E-state index in [2.05, 4.69) is 6.58 Å². The van der Waals surface area contributed by atoms with Gasteiger partial charge >= 0.3 is 0 Å². The van der Waals surface area contributed by atoms with E-state index >= 15 is 0 Å². The number of fused-ring (bicyclic) bond motifs is 2. The van der Waals surface area contributed by atoms with E-state index in [1.165, 1.54) is 16.9 Å². The molecular weight excluding hydrogens is 448 g/mol. The first-order valence-electron chi connectivity index (χ1n) is 11.4. The van der Waals surface area contributed by atoms with Crippen LogP contribution in [0.1, 0.15) is 23.6 Å². The largest absolute Gasteiger partial charge is 0.507 e. The van der Waals surface area contributed by atoms with Crippen LogP contribution in [0.5, 0.6) is 5.75 Å². The van der Waals surface area contributed by atoms with E-state index in [4.69, 9.17) is 9.47 Å². The molecule has 0 radical (unpaired) electrons. The minimum Gasteiger partial charge on any atom is -0.507 e. The van der Waals surface area contributed by atoms with Crippen molar-refractivity contribution in [1.29, 1.82) is 0 Å². The van der Waals surface area contributed by atoms with Crippen molar-refractivity contribution in [1.82, 2.24) is 4.90 Å². The first-order chi connectivity index (χ1) is 16.8. The molecule has 35 heavy (non-hydrogen) atoms. The van der Waals surface area contributed by atoms with Crippen LogP contribution < -0.4 is 9.64 Å². The number of para-hydroxylation sites is 1. The van der Waals surface area contributed by atoms with E-state index in [-0.39, 0.29) is 18.7 Å². The van der Waals surface area contributed by atoms with Gasteiger partial charge in [-0.2, -0.15) is 0 Å². The van der Waals surface area contributed by atoms with Crippen molar-refractivity contribution in [3.63, 3.8) is 0 Å². The second kappa shape index (κ2) is 9.38. The Bertz CT molecular complexity index is 1250. The fourth-order valence-electron chi connectivity index (χ4n) is 4.91. The summed E-state index contributed by atoms with van der Waals surface area (Å²) >= 11 is 0. The molecule has 1 N–H and O–H groups in total. The zero-order valence-electron chi connectivity index (χ0n) is 20.0. The van der Waals surface area contributed by atoms with E-state index in [9.17, 15) is 19.5 Å². The molecule has 182 valence electrons. The van der Waals surface area contributed by atoms with Gasteiger partial charge in [-0.1, -0.05) is 30.9 Å². The number of benzene rings is 2. The van der Waals surface area contributed by atoms with Crippen molar-refractivity contribution in [3.8, 4) is 5.75 Å². The minimum atomic E-state index is -1.78. The van der Waals surface area contributed by atoms with Crippen LogP contribution in [-0.4, -0.2) is 61.0 Å². The highest BCUT2D eigenvalue weighted by Gasteiger charge is 2.66. The topological polar surface area (TPSA) is 96.4 Å². The Morgan fingerprint density at radius 1 is 1.17 bits per heavy atom. The van der Waals surface area contributed by atoms with Crippen LogP contribution in [-0.2, 0) is 24.7 Å². The normalized spacial score (nSPS) is 20.6. The Labute approximate surface area is 204 Å². The molecule has 2 aliphatic heterocycles. The second-order valence-electron chi connectivity index (χ2n) is 8.36. The van der Waals surface area contributed by atoms with Crippen LogP contribution in [0.2, 0.25) is 0 Å². The van der Waals surface area contributed by atoms with Gasteiger partial charge in [0.05, 0.1) is 17.9 Å². The van der Waals surface area contributed by atoms with Crippen LogP contribution in [0, 0.1) is 6.92 Å². The number of ether oxygens (including phenoxy) is 2. The molecule has 0 saturated carbocycles. The van der Waals surface area contributed by atoms with Gasteiger partial charge in [-0.15, -0.1) is 0 Å². The lowest BCUT2D eigenvalue weighted by Gasteiger charge is -2.34. The number of carbonyl (C=O) groups excluding carboxylic acids is 3. The summed E-state index contributed by atoms with van der Waals surface area (Å²) < 4.78 is 10.8. The summed E-state index contributed by atoms with van der Waals surface area (Å²) in [7, 11) is 1.48. The van der Waals surface area contributed by atoms with Crippen LogP contribution in [0.15, 0.2) is 60.7 Å². The molecule has 2 aromatic carbocycles. The molecule has 8 nitrogen and oxygen atoms in total. The number of rotatable bonds is 8. The summed E-state index contributed by atoms with van der Waals surface area (Å²) in [5.41, 5.74) is 0.0664. The molecule has 1 unspecified atom stereocenters. The molecule has 1 saturated heterocycles. The number of likely N-dealkylation sites (tertiary alicyclic amines) is 1. The van der Waals surface area contributed by atoms with Crippen molar-refractivity contribution in [3.05, 3.63) is 77.4 Å². The molecular formula is C27H28N2O6. The minimum absolute atomic E-state index is 0.00282. The lowest BCUT2D eigenvalue weighted by molar-refractivity contribution is -0.144. The van der Waals surface area contributed by atoms with Crippen LogP contribution in [0.3, 0.4) is 0 Å². The maximum Gasteiger partial charge on any atom is 0.296 e. The molecule has 2 heterocycles. The number of nitrogens with zero attached hydrogens (tertiary/aromatic N) is 2. The molecule has 4 rings (SSSR count). The highest BCUT2D eigenvalue weighted by Crippen LogP contribution is 2.53. The third kappa shape index (κ3) is 3.52. The zero-order valence-corrected chi connectivity index (χ0v) is 20.0. The summed E-state index contributed by atoms with van der Waals surface area (Å²) in [6.45, 7) is 8.03. The molecule has 0 aromatic heterocycles. The van der Waals surface area contributed by atoms with E-state index < -0.39 is 28.9 Å². The number of hydrogen-bond acceptors (Lipinski definition) is 6. The number of carbonyl (C=O) groups is 3. The fourth-order valence-corrected chi connectivity index (χ4v) is 4.91. The number of methoxy groups -OCH3 is 1. The predicted molar refractivity (Wildman–Crippen MR) is 131 cm³/mol. The number of anilines is 1. The molecule has 2 aromatic rings. The summed E-state index contributed by atoms with van der Waals surface area (Å²) in [6, 6.07) is 12.0. The van der Waals surface area contributed by atoms with Crippen LogP contribution in [0.4, 0.5) is 5.69 Å². The smallest absolute Gasteiger partial charge is 0.296 e. The Morgan fingerprint density at radius 2 is 1.91 bits per heavy atom. The van der Waals surface area contributed by atoms with Gasteiger partial charge in [-0.25, -0.2) is 0 Å². The van der Waals surface area contributed by atoms with Crippen molar-refractivity contribution >= 4 is 29.0 Å². The number of aryl methyl sites for hydroxylation is 1. The molecule has 2 amide bonds. The summed E-state index contributed by atoms with van der Waals surface area (Å²) in [5, 5.41) is 11.5. The maximum absolute atomic E-state index is 14.0. The van der Waals surface area contributed by atoms with Crippen molar-refractivity contribution < 1.29 is 29.0 Å². The zero-order chi connectivity index (χ0) is 25.3. The average molecular weight is 477 g/mol. The van der Waals surface area contributed by atoms with E-state index in [1.807, 2.05) is 6.92 Å². The average Bonchev–Trinajstić information content (AvgIpc) is 3.24. The van der Waals surface area contributed by atoms with Crippen LogP contribution in [0.25, 0.3) is 5.76 Å². The lowest BCUT2D eigenvalue weighted by Crippen LogP contribution is -2.52. The van der Waals surface area contributed by atoms with Crippen LogP contribution >= 0.6 is 0 Å². The number of hydrogen-bond donors (Lipinski definition) is 1. The SMILES string of the molecule is C=CCOc1ccc(/C(O)=C2\C(=O)C(=O)N(CCOC)C23C(=O)N(CC)c2ccccc23)cc1C. The van der Waals surface area contributed by atoms with Crippen molar-refractivity contribution in [2.24, 2.45) is 0 Å². The van der Waals surface area contributed by atoms with Gasteiger partial charge in [0.25, 0.3) is 17.6 Å². The number of Topliss-reactive ketones (excluding diaryl/α,β-unsaturated/α-hetero) is 1. The first-order valence-corrected chi connectivity index (χ1v) is 11.4. The fraction of sp³-hybridized carbons (Fsp3) is 0.296. The highest BCUT2D eigenvalue weighted by molar-refractivity contribution is 6.50. The van der Waals surface area contributed by atoms with Gasteiger partial charge in [0.15, 0.2) is 5.54 Å². The van der Waals surface area contributed by atoms with Gasteiger partial charge in [-0.3, -0.25) is 14.4 Å². The Morgan fingerprint density at radius 3 is 2.57 bits per heavy atom. The van der Waals surface area contributed by atoms with Gasteiger partial charge in [-0.05, 0) is 43.7 Å². The summed E-state index contributed by atoms with van der Waals surface area (Å²) in [4.78, 5) is 43.5. The van der Waals surface area contributed by atoms with Gasteiger partial charge in [0.2, 0.25) is 0 Å². The molecule has 2 aliphatic rings. The highest BCUT2D eigenvalue weighted by atomic mass is 16.5. The predicted octanol–water partition coefficient (Wildman–Crippen LogP) is 3.15. The number of aliphatic hydroxyl groups excluding tert-OH is 1. The lowest BCUT2D eigenvalue weighted by atomic mass is 9.82. The van der Waals surface area contributed by atoms with Crippen molar-refractivity contribution in [2.75, 3.05) is 38.3 Å². The molecule has 1 atom stereocenters. The second-order valence-corrected chi connectivity index (χ2v) is 8.36. The molecule has 1 fully saturated rings. The molecule has 8 heteroatoms. The van der Waals surface area contributed by atoms with E-state index in [0.29, 0.717) is 41.3 Å². The van der Waals surface area contributed by atoms with Gasteiger partial charge < -0.3 is 24.4 Å². The third-order valence-corrected chi connectivity index (χ3v) is 6.45. The summed E-state index contributed by atoms with van der Waals surface area (Å²) in [6.07, 6.45) is 1.62. The van der Waals surface area contributed by atoms with Crippen molar-refractivity contribution in [2.45, 2.75) is 19.4 Å². The Hall–Kier alpha value is -3.91. The number of amides is 2. The third-order valence-electron chi connectivity index (χ3n) is 6.45. The molecule has 0 bridgehead atoms. The number of ketones is 1. The standard InChI is InChI=1S/C27H28N2O6/c1-5-14-35-21-12-11-18(16-17(21)3)23(30)22-24(31)25(32)29(13-15-34-4)27(22)19-9-7-8-10-20(19)28(6-2)26(27)33/h5,7-12,16,30H,1,6,13-15H2,2-4H3/b23-22-. The van der Waals surface area contributed by atoms with Gasteiger partial charge in [0, 0.05) is 31.3 Å². The quantitative estimate of drug-likeness (QED) is 0.272. The number of aliphatic hydroxyl groups is 1. The molecule has 1 spiro atoms. The van der Waals surface area contributed by atoms with E-state index in [1.54, 1.807) is 55.5 Å². The molecule has 0 aliphatic carbocycles. The Kier molecular flexibility index (Phi) is 6.49. The Balaban J connectivity index is 1.98.